The quantitative estimate of drug-likeness (QED) is 0.622. The summed E-state index contributed by atoms with van der Waals surface area (Å²) in [5, 5.41) is 8.66. The van der Waals surface area contributed by atoms with Crippen molar-refractivity contribution in [2.45, 2.75) is 12.8 Å². The molecule has 2 heteroatoms. The zero-order valence-corrected chi connectivity index (χ0v) is 6.84. The lowest BCUT2D eigenvalue weighted by atomic mass is 9.98. The van der Waals surface area contributed by atoms with Crippen molar-refractivity contribution in [3.8, 4) is 6.07 Å². The van der Waals surface area contributed by atoms with E-state index >= 15 is 0 Å². The molecule has 0 aromatic heterocycles. The second kappa shape index (κ2) is 3.36. The van der Waals surface area contributed by atoms with Crippen molar-refractivity contribution in [2.24, 2.45) is 0 Å². The van der Waals surface area contributed by atoms with Gasteiger partial charge in [-0.1, -0.05) is 6.92 Å². The molecule has 1 aromatic rings. The summed E-state index contributed by atoms with van der Waals surface area (Å²) in [6, 6.07) is 6.12. The summed E-state index contributed by atoms with van der Waals surface area (Å²) >= 11 is 0. The maximum absolute atomic E-state index is 12.7. The second-order valence-electron chi connectivity index (χ2n) is 2.74. The molecule has 1 nitrogen and oxygen atoms in total. The van der Waals surface area contributed by atoms with Gasteiger partial charge in [0.15, 0.2) is 0 Å². The van der Waals surface area contributed by atoms with Gasteiger partial charge in [0.1, 0.15) is 5.82 Å². The van der Waals surface area contributed by atoms with Crippen molar-refractivity contribution >= 4 is 0 Å². The third kappa shape index (κ3) is 1.62. The Morgan fingerprint density at radius 1 is 1.58 bits per heavy atom. The van der Waals surface area contributed by atoms with E-state index in [1.807, 2.05) is 13.0 Å². The molecule has 12 heavy (non-hydrogen) atoms. The minimum Gasteiger partial charge on any atom is -0.207 e. The van der Waals surface area contributed by atoms with Gasteiger partial charge in [-0.25, -0.2) is 4.39 Å². The van der Waals surface area contributed by atoms with Gasteiger partial charge in [0.25, 0.3) is 0 Å². The second-order valence-corrected chi connectivity index (χ2v) is 2.74. The van der Waals surface area contributed by atoms with Crippen LogP contribution in [0.5, 0.6) is 0 Å². The molecular weight excluding hydrogens is 153 g/mol. The monoisotopic (exact) mass is 162 g/mol. The van der Waals surface area contributed by atoms with Gasteiger partial charge < -0.3 is 0 Å². The average molecular weight is 162 g/mol. The van der Waals surface area contributed by atoms with Gasteiger partial charge in [-0.15, -0.1) is 0 Å². The highest BCUT2D eigenvalue weighted by Gasteiger charge is 2.06. The molecule has 0 spiro atoms. The van der Waals surface area contributed by atoms with Crippen molar-refractivity contribution < 1.29 is 4.39 Å². The predicted octanol–water partition coefficient (Wildman–Crippen LogP) is 2.63. The van der Waals surface area contributed by atoms with E-state index in [0.717, 1.165) is 0 Å². The molecule has 0 heterocycles. The normalized spacial score (nSPS) is 9.92. The molecule has 0 bridgehead atoms. The summed E-state index contributed by atoms with van der Waals surface area (Å²) in [4.78, 5) is 0. The van der Waals surface area contributed by atoms with Gasteiger partial charge >= 0.3 is 0 Å². The molecule has 1 aromatic carbocycles. The molecule has 0 saturated heterocycles. The molecule has 1 atom stereocenters. The van der Waals surface area contributed by atoms with Gasteiger partial charge in [0.05, 0.1) is 11.6 Å². The van der Waals surface area contributed by atoms with E-state index in [1.165, 1.54) is 18.2 Å². The molecule has 0 aliphatic rings. The Morgan fingerprint density at radius 3 is 2.75 bits per heavy atom. The van der Waals surface area contributed by atoms with Crippen molar-refractivity contribution in [3.05, 3.63) is 42.1 Å². The number of hydrogen-bond acceptors (Lipinski definition) is 1. The standard InChI is InChI=1S/C10H9FN/c1-7(2)10-5-9(11)4-3-8(10)6-12/h3-5,7H,1H2,2H3. The summed E-state index contributed by atoms with van der Waals surface area (Å²) in [6.45, 7) is 5.57. The van der Waals surface area contributed by atoms with Gasteiger partial charge in [-0.2, -0.15) is 5.26 Å². The Balaban J connectivity index is 3.24. The maximum atomic E-state index is 12.7. The summed E-state index contributed by atoms with van der Waals surface area (Å²) in [5.41, 5.74) is 1.16. The average Bonchev–Trinajstić information content (AvgIpc) is 2.04. The number of hydrogen-bond donors (Lipinski definition) is 0. The fourth-order valence-corrected chi connectivity index (χ4v) is 1.04. The van der Waals surface area contributed by atoms with Crippen LogP contribution in [0, 0.1) is 24.1 Å². The molecule has 1 radical (unpaired) electrons. The zero-order chi connectivity index (χ0) is 9.14. The van der Waals surface area contributed by atoms with Crippen LogP contribution in [0.15, 0.2) is 18.2 Å². The molecule has 0 amide bonds. The van der Waals surface area contributed by atoms with Crippen LogP contribution in [-0.2, 0) is 0 Å². The van der Waals surface area contributed by atoms with Crippen LogP contribution in [-0.4, -0.2) is 0 Å². The lowest BCUT2D eigenvalue weighted by molar-refractivity contribution is 0.624. The number of nitriles is 1. The number of nitrogens with zero attached hydrogens (tertiary/aromatic N) is 1. The van der Waals surface area contributed by atoms with Crippen molar-refractivity contribution in [1.82, 2.24) is 0 Å². The largest absolute Gasteiger partial charge is 0.207 e. The van der Waals surface area contributed by atoms with E-state index in [-0.39, 0.29) is 11.7 Å². The van der Waals surface area contributed by atoms with E-state index in [1.54, 1.807) is 0 Å². The van der Waals surface area contributed by atoms with Gasteiger partial charge in [-0.05, 0) is 36.6 Å². The van der Waals surface area contributed by atoms with Crippen LogP contribution in [0.3, 0.4) is 0 Å². The summed E-state index contributed by atoms with van der Waals surface area (Å²) in [7, 11) is 0. The minimum atomic E-state index is -0.320. The Labute approximate surface area is 71.4 Å². The molecule has 0 N–H and O–H groups in total. The van der Waals surface area contributed by atoms with Gasteiger partial charge in [0.2, 0.25) is 0 Å². The van der Waals surface area contributed by atoms with Crippen molar-refractivity contribution in [2.75, 3.05) is 0 Å². The maximum Gasteiger partial charge on any atom is 0.123 e. The third-order valence-corrected chi connectivity index (χ3v) is 1.66. The first-order chi connectivity index (χ1) is 5.65. The van der Waals surface area contributed by atoms with Crippen LogP contribution in [0.25, 0.3) is 0 Å². The van der Waals surface area contributed by atoms with Crippen LogP contribution in [0.2, 0.25) is 0 Å². The molecule has 1 rings (SSSR count). The van der Waals surface area contributed by atoms with E-state index in [4.69, 9.17) is 5.26 Å². The molecule has 61 valence electrons. The SMILES string of the molecule is [CH2]C(C)c1cc(F)ccc1C#N. The molecular formula is C10H9FN. The summed E-state index contributed by atoms with van der Waals surface area (Å²) < 4.78 is 12.7. The summed E-state index contributed by atoms with van der Waals surface area (Å²) in [5.74, 6) is -0.380. The van der Waals surface area contributed by atoms with E-state index in [2.05, 4.69) is 6.92 Å². The van der Waals surface area contributed by atoms with E-state index in [0.29, 0.717) is 11.1 Å². The van der Waals surface area contributed by atoms with E-state index < -0.39 is 0 Å². The first-order valence-corrected chi connectivity index (χ1v) is 3.67. The lowest BCUT2D eigenvalue weighted by Crippen LogP contribution is -1.93. The highest BCUT2D eigenvalue weighted by atomic mass is 19.1. The van der Waals surface area contributed by atoms with Crippen LogP contribution in [0.1, 0.15) is 24.0 Å². The first-order valence-electron chi connectivity index (χ1n) is 3.67. The third-order valence-electron chi connectivity index (χ3n) is 1.66. The Hall–Kier alpha value is -1.36. The predicted molar refractivity (Wildman–Crippen MR) is 44.9 cm³/mol. The van der Waals surface area contributed by atoms with Crippen LogP contribution < -0.4 is 0 Å². The Morgan fingerprint density at radius 2 is 2.25 bits per heavy atom. The van der Waals surface area contributed by atoms with Gasteiger partial charge in [-0.3, -0.25) is 0 Å². The van der Waals surface area contributed by atoms with Crippen molar-refractivity contribution in [3.63, 3.8) is 0 Å². The molecule has 1 unspecified atom stereocenters. The highest BCUT2D eigenvalue weighted by Crippen LogP contribution is 2.19. The number of halogens is 1. The topological polar surface area (TPSA) is 23.8 Å². The fraction of sp³-hybridized carbons (Fsp3) is 0.200. The van der Waals surface area contributed by atoms with E-state index in [9.17, 15) is 4.39 Å². The molecule has 0 saturated carbocycles. The van der Waals surface area contributed by atoms with Crippen LogP contribution >= 0.6 is 0 Å². The summed E-state index contributed by atoms with van der Waals surface area (Å²) in [6.07, 6.45) is 0. The van der Waals surface area contributed by atoms with Gasteiger partial charge in [0, 0.05) is 0 Å². The number of rotatable bonds is 1. The molecule has 0 aliphatic carbocycles. The highest BCUT2D eigenvalue weighted by molar-refractivity contribution is 5.40. The molecule has 0 fully saturated rings. The lowest BCUT2D eigenvalue weighted by Gasteiger charge is -2.06. The van der Waals surface area contributed by atoms with Crippen LogP contribution in [0.4, 0.5) is 4.39 Å². The first kappa shape index (κ1) is 8.73. The fourth-order valence-electron chi connectivity index (χ4n) is 1.04. The zero-order valence-electron chi connectivity index (χ0n) is 6.84. The molecule has 0 aliphatic heterocycles. The Kier molecular flexibility index (Phi) is 2.44. The smallest absolute Gasteiger partial charge is 0.123 e. The Bertz CT molecular complexity index is 323. The van der Waals surface area contributed by atoms with Crippen molar-refractivity contribution in [1.29, 1.82) is 5.26 Å². The number of benzene rings is 1. The minimum absolute atomic E-state index is 0.0599.